The van der Waals surface area contributed by atoms with E-state index in [-0.39, 0.29) is 10.6 Å². The van der Waals surface area contributed by atoms with Crippen molar-refractivity contribution in [2.45, 2.75) is 18.2 Å². The van der Waals surface area contributed by atoms with Gasteiger partial charge in [-0.1, -0.05) is 23.7 Å². The van der Waals surface area contributed by atoms with E-state index in [0.29, 0.717) is 27.5 Å². The second-order valence-corrected chi connectivity index (χ2v) is 7.63. The summed E-state index contributed by atoms with van der Waals surface area (Å²) in [5.41, 5.74) is 1.51. The SMILES string of the molecule is Cc1cc(-n2nc(C(F)F)cc2-c2ccc(Cl)cc2)ccc1S(N)(=O)=O. The van der Waals surface area contributed by atoms with E-state index in [1.54, 1.807) is 31.2 Å². The standard InChI is InChI=1S/C17H14ClF2N3O2S/c1-10-8-13(6-7-16(10)26(21,24)25)23-15(9-14(22-23)17(19)20)11-2-4-12(18)5-3-11/h2-9,17H,1H3,(H2,21,24,25). The van der Waals surface area contributed by atoms with Gasteiger partial charge in [0.1, 0.15) is 5.69 Å². The molecule has 0 aliphatic carbocycles. The molecule has 5 nitrogen and oxygen atoms in total. The van der Waals surface area contributed by atoms with Gasteiger partial charge in [0.2, 0.25) is 10.0 Å². The predicted octanol–water partition coefficient (Wildman–Crippen LogP) is 4.09. The molecule has 0 aliphatic rings. The van der Waals surface area contributed by atoms with E-state index in [9.17, 15) is 17.2 Å². The van der Waals surface area contributed by atoms with Gasteiger partial charge in [-0.15, -0.1) is 0 Å². The van der Waals surface area contributed by atoms with Crippen molar-refractivity contribution in [1.82, 2.24) is 9.78 Å². The van der Waals surface area contributed by atoms with Crippen molar-refractivity contribution in [3.63, 3.8) is 0 Å². The molecule has 0 bridgehead atoms. The summed E-state index contributed by atoms with van der Waals surface area (Å²) in [5, 5.41) is 9.64. The highest BCUT2D eigenvalue weighted by Gasteiger charge is 2.19. The summed E-state index contributed by atoms with van der Waals surface area (Å²) in [4.78, 5) is -0.0319. The van der Waals surface area contributed by atoms with Crippen LogP contribution in [0, 0.1) is 6.92 Å². The summed E-state index contributed by atoms with van der Waals surface area (Å²) in [6.45, 7) is 1.57. The fraction of sp³-hybridized carbons (Fsp3) is 0.118. The number of benzene rings is 2. The van der Waals surface area contributed by atoms with Crippen LogP contribution >= 0.6 is 11.6 Å². The topological polar surface area (TPSA) is 78.0 Å². The molecule has 2 aromatic carbocycles. The van der Waals surface area contributed by atoms with Crippen LogP contribution in [0.15, 0.2) is 53.4 Å². The number of primary sulfonamides is 1. The third-order valence-corrected chi connectivity index (χ3v) is 5.12. The Morgan fingerprint density at radius 2 is 1.77 bits per heavy atom. The molecule has 1 heterocycles. The molecule has 3 rings (SSSR count). The van der Waals surface area contributed by atoms with E-state index < -0.39 is 16.4 Å². The maximum atomic E-state index is 13.2. The second-order valence-electron chi connectivity index (χ2n) is 5.67. The fourth-order valence-corrected chi connectivity index (χ4v) is 3.51. The Morgan fingerprint density at radius 1 is 1.12 bits per heavy atom. The number of rotatable bonds is 4. The van der Waals surface area contributed by atoms with Crippen molar-refractivity contribution in [3.8, 4) is 16.9 Å². The number of aromatic nitrogens is 2. The second kappa shape index (κ2) is 6.79. The largest absolute Gasteiger partial charge is 0.282 e. The average Bonchev–Trinajstić information content (AvgIpc) is 3.00. The van der Waals surface area contributed by atoms with Crippen molar-refractivity contribution in [2.75, 3.05) is 0 Å². The molecule has 0 unspecified atom stereocenters. The van der Waals surface area contributed by atoms with E-state index >= 15 is 0 Å². The van der Waals surface area contributed by atoms with E-state index in [2.05, 4.69) is 5.10 Å². The highest BCUT2D eigenvalue weighted by atomic mass is 35.5. The summed E-state index contributed by atoms with van der Waals surface area (Å²) >= 11 is 5.88. The van der Waals surface area contributed by atoms with Gasteiger partial charge in [-0.05, 0) is 48.9 Å². The smallest absolute Gasteiger partial charge is 0.233 e. The van der Waals surface area contributed by atoms with Crippen molar-refractivity contribution in [2.24, 2.45) is 5.14 Å². The third-order valence-electron chi connectivity index (χ3n) is 3.80. The molecule has 0 spiro atoms. The van der Waals surface area contributed by atoms with Crippen LogP contribution in [0.1, 0.15) is 17.7 Å². The Hall–Kier alpha value is -2.29. The molecule has 2 N–H and O–H groups in total. The minimum atomic E-state index is -3.87. The first-order valence-corrected chi connectivity index (χ1v) is 9.37. The molecule has 0 saturated heterocycles. The maximum Gasteiger partial charge on any atom is 0.282 e. The zero-order valence-electron chi connectivity index (χ0n) is 13.5. The van der Waals surface area contributed by atoms with E-state index in [1.807, 2.05) is 0 Å². The quantitative estimate of drug-likeness (QED) is 0.720. The molecule has 0 atom stereocenters. The molecule has 3 aromatic rings. The maximum absolute atomic E-state index is 13.2. The normalized spacial score (nSPS) is 11.9. The third kappa shape index (κ3) is 3.62. The monoisotopic (exact) mass is 397 g/mol. The van der Waals surface area contributed by atoms with Crippen molar-refractivity contribution in [3.05, 3.63) is 64.8 Å². The molecule has 0 radical (unpaired) electrons. The minimum absolute atomic E-state index is 0.0319. The van der Waals surface area contributed by atoms with E-state index in [1.165, 1.54) is 28.9 Å². The number of alkyl halides is 2. The predicted molar refractivity (Wildman–Crippen MR) is 95.1 cm³/mol. The first-order chi connectivity index (χ1) is 12.2. The number of halogens is 3. The van der Waals surface area contributed by atoms with Crippen LogP contribution in [0.3, 0.4) is 0 Å². The molecule has 0 amide bonds. The van der Waals surface area contributed by atoms with Crippen LogP contribution in [-0.2, 0) is 10.0 Å². The van der Waals surface area contributed by atoms with Crippen molar-refractivity contribution in [1.29, 1.82) is 0 Å². The zero-order chi connectivity index (χ0) is 19.1. The van der Waals surface area contributed by atoms with Crippen molar-refractivity contribution >= 4 is 21.6 Å². The Bertz CT molecular complexity index is 1060. The van der Waals surface area contributed by atoms with Gasteiger partial charge in [-0.2, -0.15) is 5.10 Å². The highest BCUT2D eigenvalue weighted by molar-refractivity contribution is 7.89. The number of hydrogen-bond acceptors (Lipinski definition) is 3. The lowest BCUT2D eigenvalue weighted by molar-refractivity contribution is 0.145. The minimum Gasteiger partial charge on any atom is -0.233 e. The number of aryl methyl sites for hydroxylation is 1. The first-order valence-electron chi connectivity index (χ1n) is 7.44. The lowest BCUT2D eigenvalue weighted by Gasteiger charge is -2.10. The van der Waals surface area contributed by atoms with Crippen molar-refractivity contribution < 1.29 is 17.2 Å². The lowest BCUT2D eigenvalue weighted by Crippen LogP contribution is -2.14. The van der Waals surface area contributed by atoms with Gasteiger partial charge in [0.15, 0.2) is 0 Å². The Labute approximate surface area is 154 Å². The molecule has 136 valence electrons. The molecule has 0 fully saturated rings. The molecule has 9 heteroatoms. The van der Waals surface area contributed by atoms with Gasteiger partial charge in [0.05, 0.1) is 16.3 Å². The Morgan fingerprint density at radius 3 is 2.31 bits per heavy atom. The van der Waals surface area contributed by atoms with E-state index in [4.69, 9.17) is 16.7 Å². The van der Waals surface area contributed by atoms with Crippen LogP contribution in [0.4, 0.5) is 8.78 Å². The highest BCUT2D eigenvalue weighted by Crippen LogP contribution is 2.30. The number of nitrogens with two attached hydrogens (primary N) is 1. The fourth-order valence-electron chi connectivity index (χ4n) is 2.61. The van der Waals surface area contributed by atoms with Gasteiger partial charge in [0, 0.05) is 10.6 Å². The van der Waals surface area contributed by atoms with Crippen LogP contribution in [0.2, 0.25) is 5.02 Å². The Kier molecular flexibility index (Phi) is 4.83. The van der Waals surface area contributed by atoms with E-state index in [0.717, 1.165) is 0 Å². The van der Waals surface area contributed by atoms with Crippen LogP contribution in [0.5, 0.6) is 0 Å². The Balaban J connectivity index is 2.18. The summed E-state index contributed by atoms with van der Waals surface area (Å²) in [7, 11) is -3.87. The number of nitrogens with zero attached hydrogens (tertiary/aromatic N) is 2. The lowest BCUT2D eigenvalue weighted by atomic mass is 10.1. The number of sulfonamides is 1. The zero-order valence-corrected chi connectivity index (χ0v) is 15.1. The molecular weight excluding hydrogens is 384 g/mol. The van der Waals surface area contributed by atoms with Crippen LogP contribution in [0.25, 0.3) is 16.9 Å². The van der Waals surface area contributed by atoms with Gasteiger partial charge in [0.25, 0.3) is 6.43 Å². The van der Waals surface area contributed by atoms with Crippen LogP contribution < -0.4 is 5.14 Å². The molecule has 26 heavy (non-hydrogen) atoms. The first kappa shape index (κ1) is 18.5. The summed E-state index contributed by atoms with van der Waals surface area (Å²) in [6.07, 6.45) is -2.74. The van der Waals surface area contributed by atoms with Gasteiger partial charge in [-0.25, -0.2) is 27.0 Å². The molecule has 0 aliphatic heterocycles. The summed E-state index contributed by atoms with van der Waals surface area (Å²) in [6, 6.07) is 12.3. The van der Waals surface area contributed by atoms with Gasteiger partial charge < -0.3 is 0 Å². The summed E-state index contributed by atoms with van der Waals surface area (Å²) in [5.74, 6) is 0. The molecule has 1 aromatic heterocycles. The number of hydrogen-bond donors (Lipinski definition) is 1. The average molecular weight is 398 g/mol. The van der Waals surface area contributed by atoms with Gasteiger partial charge in [-0.3, -0.25) is 0 Å². The summed E-state index contributed by atoms with van der Waals surface area (Å²) < 4.78 is 50.8. The van der Waals surface area contributed by atoms with Crippen LogP contribution in [-0.4, -0.2) is 18.2 Å². The molecular formula is C17H14ClF2N3O2S. The molecule has 0 saturated carbocycles. The van der Waals surface area contributed by atoms with Gasteiger partial charge >= 0.3 is 0 Å².